The molecular weight excluding hydrogens is 338 g/mol. The molecule has 0 spiro atoms. The van der Waals surface area contributed by atoms with Crippen LogP contribution in [0.25, 0.3) is 10.9 Å². The molecule has 0 aliphatic rings. The molecule has 1 aromatic carbocycles. The van der Waals surface area contributed by atoms with Gasteiger partial charge in [0.1, 0.15) is 5.82 Å². The molecule has 0 radical (unpaired) electrons. The van der Waals surface area contributed by atoms with Crippen LogP contribution in [0.3, 0.4) is 0 Å². The zero-order valence-electron chi connectivity index (χ0n) is 10.5. The molecule has 1 aromatic heterocycles. The van der Waals surface area contributed by atoms with E-state index in [1.165, 1.54) is 0 Å². The Bertz CT molecular complexity index is 819. The topological polar surface area (TPSA) is 76.0 Å². The number of anilines is 1. The highest BCUT2D eigenvalue weighted by Crippen LogP contribution is 2.39. The van der Waals surface area contributed by atoms with Crippen LogP contribution in [0.4, 0.5) is 32.2 Å². The van der Waals surface area contributed by atoms with E-state index in [4.69, 9.17) is 5.73 Å². The van der Waals surface area contributed by atoms with Crippen molar-refractivity contribution in [2.75, 3.05) is 5.73 Å². The van der Waals surface area contributed by atoms with Gasteiger partial charge in [0.15, 0.2) is 0 Å². The van der Waals surface area contributed by atoms with Crippen LogP contribution in [-0.4, -0.2) is 25.1 Å². The van der Waals surface area contributed by atoms with Crippen LogP contribution in [0, 0.1) is 0 Å². The number of nitrogens with two attached hydrogens (primary N) is 1. The second kappa shape index (κ2) is 4.80. The van der Waals surface area contributed by atoms with E-state index >= 15 is 0 Å². The van der Waals surface area contributed by atoms with Crippen molar-refractivity contribution in [3.05, 3.63) is 23.8 Å². The smallest absolute Gasteiger partial charge is 0.385 e. The van der Waals surface area contributed by atoms with Crippen LogP contribution in [0.1, 0.15) is 5.56 Å². The number of nitrogen functional groups attached to an aromatic ring is 1. The summed E-state index contributed by atoms with van der Waals surface area (Å²) in [6, 6.07) is 2.72. The van der Waals surface area contributed by atoms with Crippen molar-refractivity contribution in [3.63, 3.8) is 0 Å². The first-order valence-electron chi connectivity index (χ1n) is 5.62. The summed E-state index contributed by atoms with van der Waals surface area (Å²) in [6.07, 6.45) is -6.42. The minimum absolute atomic E-state index is 0.220. The number of alkyl halides is 6. The number of H-pyrrole nitrogens is 1. The van der Waals surface area contributed by atoms with Gasteiger partial charge in [-0.3, -0.25) is 0 Å². The second-order valence-corrected chi connectivity index (χ2v) is 6.35. The Hall–Kier alpha value is -1.91. The number of nitrogens with one attached hydrogen (secondary N) is 1. The molecule has 4 nitrogen and oxygen atoms in total. The van der Waals surface area contributed by atoms with E-state index in [0.717, 1.165) is 12.1 Å². The molecule has 122 valence electrons. The number of aromatic amines is 1. The van der Waals surface area contributed by atoms with Crippen molar-refractivity contribution >= 4 is 26.6 Å². The number of sulfone groups is 1. The SMILES string of the molecule is Nc1[nH]c2cccc(S(=O)(=O)C(F)(F)F)c2c1CC(F)(F)F. The fourth-order valence-corrected chi connectivity index (χ4v) is 3.04. The Morgan fingerprint density at radius 2 is 1.68 bits per heavy atom. The largest absolute Gasteiger partial charge is 0.501 e. The molecule has 0 aliphatic carbocycles. The molecule has 2 aromatic rings. The number of hydrogen-bond acceptors (Lipinski definition) is 3. The van der Waals surface area contributed by atoms with Crippen LogP contribution in [0.5, 0.6) is 0 Å². The van der Waals surface area contributed by atoms with Crippen molar-refractivity contribution in [2.24, 2.45) is 0 Å². The molecule has 3 N–H and O–H groups in total. The Balaban J connectivity index is 2.83. The van der Waals surface area contributed by atoms with E-state index in [9.17, 15) is 34.8 Å². The molecule has 1 heterocycles. The van der Waals surface area contributed by atoms with Gasteiger partial charge in [0.25, 0.3) is 9.84 Å². The van der Waals surface area contributed by atoms with Crippen molar-refractivity contribution in [2.45, 2.75) is 23.0 Å². The zero-order valence-corrected chi connectivity index (χ0v) is 11.3. The minimum Gasteiger partial charge on any atom is -0.385 e. The third-order valence-corrected chi connectivity index (χ3v) is 4.42. The predicted octanol–water partition coefficient (Wildman–Crippen LogP) is 3.15. The number of benzene rings is 1. The summed E-state index contributed by atoms with van der Waals surface area (Å²) in [5.74, 6) is -0.530. The Labute approximate surface area is 119 Å². The molecule has 2 rings (SSSR count). The normalized spacial score (nSPS) is 13.7. The molecule has 22 heavy (non-hydrogen) atoms. The molecule has 0 amide bonds. The molecule has 0 unspecified atom stereocenters. The average molecular weight is 346 g/mol. The van der Waals surface area contributed by atoms with Crippen molar-refractivity contribution in [1.29, 1.82) is 0 Å². The Morgan fingerprint density at radius 3 is 2.18 bits per heavy atom. The van der Waals surface area contributed by atoms with Gasteiger partial charge in [0.05, 0.1) is 11.3 Å². The van der Waals surface area contributed by atoms with Crippen molar-refractivity contribution in [1.82, 2.24) is 4.98 Å². The van der Waals surface area contributed by atoms with Crippen molar-refractivity contribution in [3.8, 4) is 0 Å². The van der Waals surface area contributed by atoms with E-state index < -0.39 is 49.6 Å². The number of hydrogen-bond donors (Lipinski definition) is 2. The number of rotatable bonds is 2. The lowest BCUT2D eigenvalue weighted by Crippen LogP contribution is -2.23. The van der Waals surface area contributed by atoms with Gasteiger partial charge in [-0.2, -0.15) is 26.3 Å². The lowest BCUT2D eigenvalue weighted by molar-refractivity contribution is -0.126. The van der Waals surface area contributed by atoms with E-state index in [2.05, 4.69) is 4.98 Å². The average Bonchev–Trinajstić information content (AvgIpc) is 2.62. The van der Waals surface area contributed by atoms with Gasteiger partial charge >= 0.3 is 11.7 Å². The van der Waals surface area contributed by atoms with Gasteiger partial charge in [-0.1, -0.05) is 6.07 Å². The molecule has 0 aliphatic heterocycles. The number of aromatic nitrogens is 1. The first-order valence-corrected chi connectivity index (χ1v) is 7.10. The van der Waals surface area contributed by atoms with E-state index in [1.54, 1.807) is 0 Å². The summed E-state index contributed by atoms with van der Waals surface area (Å²) in [5, 5.41) is -0.699. The third-order valence-electron chi connectivity index (χ3n) is 2.89. The zero-order chi connectivity index (χ0) is 16.9. The monoisotopic (exact) mass is 346 g/mol. The third kappa shape index (κ3) is 2.72. The molecule has 0 saturated heterocycles. The second-order valence-electron chi connectivity index (χ2n) is 4.44. The molecule has 0 bridgehead atoms. The van der Waals surface area contributed by atoms with Gasteiger partial charge in [-0.25, -0.2) is 8.42 Å². The minimum atomic E-state index is -5.81. The van der Waals surface area contributed by atoms with Crippen molar-refractivity contribution < 1.29 is 34.8 Å². The summed E-state index contributed by atoms with van der Waals surface area (Å²) in [4.78, 5) is 1.00. The molecule has 0 atom stereocenters. The summed E-state index contributed by atoms with van der Waals surface area (Å²) in [6.45, 7) is 0. The fourth-order valence-electron chi connectivity index (χ4n) is 2.03. The van der Waals surface area contributed by atoms with Crippen LogP contribution in [-0.2, 0) is 16.3 Å². The summed E-state index contributed by atoms with van der Waals surface area (Å²) < 4.78 is 98.7. The van der Waals surface area contributed by atoms with E-state index in [-0.39, 0.29) is 5.52 Å². The summed E-state index contributed by atoms with van der Waals surface area (Å²) >= 11 is 0. The highest BCUT2D eigenvalue weighted by atomic mass is 32.2. The van der Waals surface area contributed by atoms with Crippen LogP contribution >= 0.6 is 0 Å². The lowest BCUT2D eigenvalue weighted by atomic mass is 10.1. The maximum absolute atomic E-state index is 12.7. The van der Waals surface area contributed by atoms with Gasteiger partial charge in [-0.15, -0.1) is 0 Å². The maximum atomic E-state index is 12.7. The standard InChI is InChI=1S/C11H8F6N2O2S/c12-10(13,14)4-5-8-6(19-9(5)18)2-1-3-7(8)22(20,21)11(15,16)17/h1-3,19H,4,18H2. The van der Waals surface area contributed by atoms with E-state index in [1.807, 2.05) is 0 Å². The highest BCUT2D eigenvalue weighted by Gasteiger charge is 2.48. The molecule has 0 fully saturated rings. The number of fused-ring (bicyclic) bond motifs is 1. The van der Waals surface area contributed by atoms with Crippen LogP contribution in [0.15, 0.2) is 23.1 Å². The van der Waals surface area contributed by atoms with E-state index in [0.29, 0.717) is 6.07 Å². The molecule has 11 heteroatoms. The first kappa shape index (κ1) is 16.5. The quantitative estimate of drug-likeness (QED) is 0.820. The van der Waals surface area contributed by atoms with Crippen LogP contribution in [0.2, 0.25) is 0 Å². The van der Waals surface area contributed by atoms with Gasteiger partial charge in [0, 0.05) is 16.5 Å². The van der Waals surface area contributed by atoms with Gasteiger partial charge < -0.3 is 10.7 Å². The molecular formula is C11H8F6N2O2S. The summed E-state index contributed by atoms with van der Waals surface area (Å²) in [5.41, 5.74) is -1.24. The molecule has 0 saturated carbocycles. The highest BCUT2D eigenvalue weighted by molar-refractivity contribution is 7.92. The Morgan fingerprint density at radius 1 is 1.09 bits per heavy atom. The lowest BCUT2D eigenvalue weighted by Gasteiger charge is -2.11. The van der Waals surface area contributed by atoms with Crippen LogP contribution < -0.4 is 5.73 Å². The summed E-state index contributed by atoms with van der Waals surface area (Å²) in [7, 11) is -5.81. The number of halogens is 6. The maximum Gasteiger partial charge on any atom is 0.501 e. The van der Waals surface area contributed by atoms with Gasteiger partial charge in [0.2, 0.25) is 0 Å². The first-order chi connectivity index (χ1) is 9.84. The van der Waals surface area contributed by atoms with Gasteiger partial charge in [-0.05, 0) is 12.1 Å². The fraction of sp³-hybridized carbons (Fsp3) is 0.273. The Kier molecular flexibility index (Phi) is 3.59. The predicted molar refractivity (Wildman–Crippen MR) is 65.7 cm³/mol.